The summed E-state index contributed by atoms with van der Waals surface area (Å²) < 4.78 is 1.48. The van der Waals surface area contributed by atoms with E-state index in [9.17, 15) is 19.7 Å². The highest BCUT2D eigenvalue weighted by Crippen LogP contribution is 2.26. The summed E-state index contributed by atoms with van der Waals surface area (Å²) in [4.78, 5) is 35.1. The second-order valence-corrected chi connectivity index (χ2v) is 7.80. The molecule has 0 atom stereocenters. The van der Waals surface area contributed by atoms with Crippen LogP contribution in [0.3, 0.4) is 0 Å². The Bertz CT molecular complexity index is 1130. The summed E-state index contributed by atoms with van der Waals surface area (Å²) in [5.41, 5.74) is 2.56. The van der Waals surface area contributed by atoms with E-state index < -0.39 is 4.92 Å². The average Bonchev–Trinajstić information content (AvgIpc) is 3.50. The Morgan fingerprint density at radius 1 is 1.12 bits per heavy atom. The van der Waals surface area contributed by atoms with Gasteiger partial charge in [0.1, 0.15) is 0 Å². The summed E-state index contributed by atoms with van der Waals surface area (Å²) >= 11 is 0. The highest BCUT2D eigenvalue weighted by atomic mass is 16.6. The fraction of sp³-hybridized carbons (Fsp3) is 0.261. The van der Waals surface area contributed by atoms with Gasteiger partial charge in [-0.1, -0.05) is 25.0 Å². The van der Waals surface area contributed by atoms with Gasteiger partial charge < -0.3 is 10.6 Å². The van der Waals surface area contributed by atoms with Crippen molar-refractivity contribution < 1.29 is 14.5 Å². The first-order valence-electron chi connectivity index (χ1n) is 10.5. The number of hydrogen-bond donors (Lipinski definition) is 2. The van der Waals surface area contributed by atoms with E-state index in [1.165, 1.54) is 23.0 Å². The predicted octanol–water partition coefficient (Wildman–Crippen LogP) is 3.84. The van der Waals surface area contributed by atoms with Gasteiger partial charge in [0.2, 0.25) is 5.91 Å². The predicted molar refractivity (Wildman–Crippen MR) is 118 cm³/mol. The van der Waals surface area contributed by atoms with Crippen molar-refractivity contribution in [2.75, 3.05) is 5.32 Å². The lowest BCUT2D eigenvalue weighted by molar-refractivity contribution is -0.384. The number of rotatable bonds is 7. The number of carbonyl (C=O) groups excluding carboxylic acids is 2. The quantitative estimate of drug-likeness (QED) is 0.433. The Balaban J connectivity index is 1.35. The molecule has 164 valence electrons. The molecule has 1 aliphatic carbocycles. The average molecular weight is 433 g/mol. The minimum Gasteiger partial charge on any atom is -0.348 e. The van der Waals surface area contributed by atoms with E-state index in [4.69, 9.17) is 0 Å². The van der Waals surface area contributed by atoms with Crippen molar-refractivity contribution in [2.24, 2.45) is 5.92 Å². The Labute approximate surface area is 184 Å². The van der Waals surface area contributed by atoms with Gasteiger partial charge in [-0.25, -0.2) is 4.68 Å². The van der Waals surface area contributed by atoms with Crippen LogP contribution in [0.1, 0.15) is 41.6 Å². The van der Waals surface area contributed by atoms with Crippen molar-refractivity contribution in [2.45, 2.75) is 32.2 Å². The van der Waals surface area contributed by atoms with Crippen molar-refractivity contribution in [3.8, 4) is 5.69 Å². The second kappa shape index (κ2) is 9.42. The van der Waals surface area contributed by atoms with E-state index in [-0.39, 0.29) is 23.4 Å². The van der Waals surface area contributed by atoms with E-state index >= 15 is 0 Å². The maximum atomic E-state index is 12.5. The molecule has 1 heterocycles. The fourth-order valence-corrected chi connectivity index (χ4v) is 3.78. The number of nitro groups is 1. The minimum atomic E-state index is -0.471. The van der Waals surface area contributed by atoms with Crippen LogP contribution in [0, 0.1) is 16.0 Å². The lowest BCUT2D eigenvalue weighted by Gasteiger charge is -2.11. The van der Waals surface area contributed by atoms with E-state index in [1.54, 1.807) is 18.3 Å². The van der Waals surface area contributed by atoms with Gasteiger partial charge in [-0.2, -0.15) is 5.10 Å². The van der Waals surface area contributed by atoms with Crippen LogP contribution >= 0.6 is 0 Å². The minimum absolute atomic E-state index is 0.0134. The van der Waals surface area contributed by atoms with Gasteiger partial charge >= 0.3 is 0 Å². The topological polar surface area (TPSA) is 119 Å². The molecule has 9 heteroatoms. The summed E-state index contributed by atoms with van der Waals surface area (Å²) in [6, 6.07) is 13.3. The molecule has 0 saturated heterocycles. The first kappa shape index (κ1) is 21.2. The van der Waals surface area contributed by atoms with Crippen molar-refractivity contribution in [3.63, 3.8) is 0 Å². The third-order valence-electron chi connectivity index (χ3n) is 5.54. The molecular formula is C23H23N5O4. The maximum absolute atomic E-state index is 12.5. The van der Waals surface area contributed by atoms with E-state index in [0.29, 0.717) is 17.8 Å². The number of benzene rings is 2. The first-order valence-corrected chi connectivity index (χ1v) is 10.5. The van der Waals surface area contributed by atoms with Crippen molar-refractivity contribution >= 4 is 23.2 Å². The molecule has 0 aliphatic heterocycles. The van der Waals surface area contributed by atoms with E-state index in [0.717, 1.165) is 36.9 Å². The van der Waals surface area contributed by atoms with Crippen LogP contribution in [-0.4, -0.2) is 26.5 Å². The summed E-state index contributed by atoms with van der Waals surface area (Å²) in [5, 5.41) is 20.7. The number of nitrogens with one attached hydrogen (secondary N) is 2. The maximum Gasteiger partial charge on any atom is 0.269 e. The van der Waals surface area contributed by atoms with Gasteiger partial charge in [0.25, 0.3) is 11.6 Å². The molecule has 32 heavy (non-hydrogen) atoms. The summed E-state index contributed by atoms with van der Waals surface area (Å²) in [5.74, 6) is -0.147. The molecule has 0 unspecified atom stereocenters. The molecule has 2 N–H and O–H groups in total. The van der Waals surface area contributed by atoms with Crippen LogP contribution in [0.4, 0.5) is 11.4 Å². The normalized spacial score (nSPS) is 13.6. The fourth-order valence-electron chi connectivity index (χ4n) is 3.78. The van der Waals surface area contributed by atoms with Crippen LogP contribution < -0.4 is 10.6 Å². The molecule has 4 rings (SSSR count). The SMILES string of the molecule is O=C(NCc1cccc(NC(=O)C2CCCC2)c1)c1cnn(-c2ccc([N+](=O)[O-])cc2)c1. The van der Waals surface area contributed by atoms with Crippen LogP contribution in [-0.2, 0) is 11.3 Å². The third-order valence-corrected chi connectivity index (χ3v) is 5.54. The highest BCUT2D eigenvalue weighted by Gasteiger charge is 2.22. The summed E-state index contributed by atoms with van der Waals surface area (Å²) in [7, 11) is 0. The Morgan fingerprint density at radius 2 is 1.88 bits per heavy atom. The highest BCUT2D eigenvalue weighted by molar-refractivity contribution is 5.94. The molecule has 0 bridgehead atoms. The third kappa shape index (κ3) is 5.00. The molecule has 1 saturated carbocycles. The van der Waals surface area contributed by atoms with Gasteiger partial charge in [0.05, 0.1) is 22.4 Å². The molecule has 9 nitrogen and oxygen atoms in total. The first-order chi connectivity index (χ1) is 15.5. The van der Waals surface area contributed by atoms with Crippen LogP contribution in [0.15, 0.2) is 60.9 Å². The lowest BCUT2D eigenvalue weighted by atomic mass is 10.1. The number of hydrogen-bond acceptors (Lipinski definition) is 5. The smallest absolute Gasteiger partial charge is 0.269 e. The Hall–Kier alpha value is -4.01. The second-order valence-electron chi connectivity index (χ2n) is 7.80. The summed E-state index contributed by atoms with van der Waals surface area (Å²) in [6.07, 6.45) is 7.09. The molecule has 1 aromatic heterocycles. The summed E-state index contributed by atoms with van der Waals surface area (Å²) in [6.45, 7) is 0.300. The van der Waals surface area contributed by atoms with Gasteiger partial charge in [0.15, 0.2) is 0 Å². The van der Waals surface area contributed by atoms with E-state index in [2.05, 4.69) is 15.7 Å². The largest absolute Gasteiger partial charge is 0.348 e. The zero-order chi connectivity index (χ0) is 22.5. The molecule has 2 amide bonds. The number of carbonyl (C=O) groups is 2. The van der Waals surface area contributed by atoms with Gasteiger partial charge in [0, 0.05) is 36.5 Å². The Kier molecular flexibility index (Phi) is 6.25. The molecule has 0 spiro atoms. The monoisotopic (exact) mass is 433 g/mol. The molecule has 1 fully saturated rings. The van der Waals surface area contributed by atoms with Crippen LogP contribution in [0.2, 0.25) is 0 Å². The number of anilines is 1. The number of aromatic nitrogens is 2. The number of amides is 2. The number of non-ortho nitro benzene ring substituents is 1. The van der Waals surface area contributed by atoms with E-state index in [1.807, 2.05) is 24.3 Å². The zero-order valence-electron chi connectivity index (χ0n) is 17.4. The standard InChI is InChI=1S/C23H23N5O4/c29-22(18-14-25-27(15-18)20-8-10-21(11-9-20)28(31)32)24-13-16-4-3-7-19(12-16)26-23(30)17-5-1-2-6-17/h3-4,7-12,14-15,17H,1-2,5-6,13H2,(H,24,29)(H,26,30). The van der Waals surface area contributed by atoms with Crippen LogP contribution in [0.5, 0.6) is 0 Å². The van der Waals surface area contributed by atoms with Gasteiger partial charge in [-0.15, -0.1) is 0 Å². The number of nitro benzene ring substituents is 1. The molecular weight excluding hydrogens is 410 g/mol. The van der Waals surface area contributed by atoms with Crippen molar-refractivity contribution in [1.29, 1.82) is 0 Å². The Morgan fingerprint density at radius 3 is 2.59 bits per heavy atom. The molecule has 0 radical (unpaired) electrons. The van der Waals surface area contributed by atoms with Gasteiger partial charge in [-0.3, -0.25) is 19.7 Å². The molecule has 2 aromatic carbocycles. The number of nitrogens with zero attached hydrogens (tertiary/aromatic N) is 3. The van der Waals surface area contributed by atoms with Crippen LogP contribution in [0.25, 0.3) is 5.69 Å². The zero-order valence-corrected chi connectivity index (χ0v) is 17.4. The van der Waals surface area contributed by atoms with Crippen molar-refractivity contribution in [1.82, 2.24) is 15.1 Å². The lowest BCUT2D eigenvalue weighted by Crippen LogP contribution is -2.23. The molecule has 3 aromatic rings. The molecule has 1 aliphatic rings. The van der Waals surface area contributed by atoms with Crippen molar-refractivity contribution in [3.05, 3.63) is 82.2 Å². The van der Waals surface area contributed by atoms with Gasteiger partial charge in [-0.05, 0) is 42.7 Å².